The Kier molecular flexibility index (Phi) is 5.45. The van der Waals surface area contributed by atoms with E-state index in [2.05, 4.69) is 15.6 Å². The van der Waals surface area contributed by atoms with Crippen LogP contribution in [0, 0.1) is 6.92 Å². The molecule has 7 heteroatoms. The molecule has 0 bridgehead atoms. The van der Waals surface area contributed by atoms with E-state index in [0.717, 1.165) is 11.3 Å². The van der Waals surface area contributed by atoms with Crippen LogP contribution in [0.25, 0.3) is 0 Å². The van der Waals surface area contributed by atoms with Crippen molar-refractivity contribution in [1.29, 1.82) is 0 Å². The monoisotopic (exact) mass is 281 g/mol. The number of rotatable bonds is 6. The molecule has 0 aromatic carbocycles. The summed E-state index contributed by atoms with van der Waals surface area (Å²) in [5.74, 6) is -1.12. The van der Waals surface area contributed by atoms with Gasteiger partial charge in [-0.3, -0.25) is 9.78 Å². The number of aromatic nitrogens is 1. The van der Waals surface area contributed by atoms with E-state index >= 15 is 0 Å². The summed E-state index contributed by atoms with van der Waals surface area (Å²) in [7, 11) is 0. The first kappa shape index (κ1) is 15.9. The fraction of sp³-hybridized carbons (Fsp3) is 0.462. The molecule has 0 aliphatic carbocycles. The number of carbonyl (C=O) groups is 2. The van der Waals surface area contributed by atoms with E-state index in [1.54, 1.807) is 6.20 Å². The van der Waals surface area contributed by atoms with Gasteiger partial charge in [-0.2, -0.15) is 0 Å². The molecule has 0 radical (unpaired) electrons. The van der Waals surface area contributed by atoms with Crippen molar-refractivity contribution >= 4 is 12.0 Å². The quantitative estimate of drug-likeness (QED) is 0.603. The summed E-state index contributed by atoms with van der Waals surface area (Å²) in [5.41, 5.74) is 0.264. The van der Waals surface area contributed by atoms with E-state index < -0.39 is 24.0 Å². The zero-order valence-corrected chi connectivity index (χ0v) is 11.5. The van der Waals surface area contributed by atoms with Crippen molar-refractivity contribution in [3.8, 4) is 0 Å². The third-order valence-corrected chi connectivity index (χ3v) is 2.59. The second-order valence-corrected chi connectivity index (χ2v) is 4.91. The fourth-order valence-electron chi connectivity index (χ4n) is 1.51. The average Bonchev–Trinajstić information content (AvgIpc) is 2.34. The van der Waals surface area contributed by atoms with E-state index in [-0.39, 0.29) is 6.54 Å². The molecule has 0 saturated heterocycles. The standard InChI is InChI=1S/C13H19N3O4/c1-9-3-4-10(6-14-9)7-15-12(19)16-8-13(2,20)5-11(17)18/h3-4,6,20H,5,7-8H2,1-2H3,(H,17,18)(H2,15,16,19). The van der Waals surface area contributed by atoms with E-state index in [9.17, 15) is 14.7 Å². The molecule has 0 aliphatic rings. The van der Waals surface area contributed by atoms with Crippen LogP contribution >= 0.6 is 0 Å². The molecule has 0 fully saturated rings. The zero-order valence-electron chi connectivity index (χ0n) is 11.5. The van der Waals surface area contributed by atoms with Crippen LogP contribution in [-0.4, -0.2) is 39.3 Å². The largest absolute Gasteiger partial charge is 0.481 e. The Morgan fingerprint density at radius 1 is 1.35 bits per heavy atom. The highest BCUT2D eigenvalue weighted by atomic mass is 16.4. The predicted molar refractivity (Wildman–Crippen MR) is 72.1 cm³/mol. The smallest absolute Gasteiger partial charge is 0.315 e. The van der Waals surface area contributed by atoms with Crippen LogP contribution in [0.15, 0.2) is 18.3 Å². The Morgan fingerprint density at radius 2 is 2.05 bits per heavy atom. The van der Waals surface area contributed by atoms with Gasteiger partial charge in [-0.05, 0) is 25.5 Å². The lowest BCUT2D eigenvalue weighted by Gasteiger charge is -2.21. The fourth-order valence-corrected chi connectivity index (χ4v) is 1.51. The molecule has 1 aromatic heterocycles. The summed E-state index contributed by atoms with van der Waals surface area (Å²) in [6, 6.07) is 3.21. The van der Waals surface area contributed by atoms with Gasteiger partial charge in [-0.1, -0.05) is 6.07 Å². The lowest BCUT2D eigenvalue weighted by atomic mass is 10.0. The number of aliphatic hydroxyl groups is 1. The molecule has 0 saturated carbocycles. The number of nitrogens with one attached hydrogen (secondary N) is 2. The molecule has 110 valence electrons. The van der Waals surface area contributed by atoms with Crippen molar-refractivity contribution in [2.45, 2.75) is 32.4 Å². The number of hydrogen-bond acceptors (Lipinski definition) is 4. The summed E-state index contributed by atoms with van der Waals surface area (Å²) < 4.78 is 0. The molecule has 7 nitrogen and oxygen atoms in total. The Labute approximate surface area is 117 Å². The molecule has 1 aromatic rings. The second-order valence-electron chi connectivity index (χ2n) is 4.91. The number of carboxylic acids is 1. The van der Waals surface area contributed by atoms with E-state index in [4.69, 9.17) is 5.11 Å². The van der Waals surface area contributed by atoms with Gasteiger partial charge >= 0.3 is 12.0 Å². The first-order valence-corrected chi connectivity index (χ1v) is 6.16. The third-order valence-electron chi connectivity index (χ3n) is 2.59. The maximum Gasteiger partial charge on any atom is 0.315 e. The summed E-state index contributed by atoms with van der Waals surface area (Å²) in [6.07, 6.45) is 1.23. The molecule has 20 heavy (non-hydrogen) atoms. The molecule has 0 aliphatic heterocycles. The molecule has 1 atom stereocenters. The Balaban J connectivity index is 2.33. The van der Waals surface area contributed by atoms with E-state index in [1.165, 1.54) is 6.92 Å². The highest BCUT2D eigenvalue weighted by molar-refractivity contribution is 5.74. The maximum absolute atomic E-state index is 11.5. The first-order valence-electron chi connectivity index (χ1n) is 6.16. The highest BCUT2D eigenvalue weighted by Crippen LogP contribution is 2.07. The highest BCUT2D eigenvalue weighted by Gasteiger charge is 2.24. The van der Waals surface area contributed by atoms with Crippen molar-refractivity contribution in [2.75, 3.05) is 6.54 Å². The molecule has 2 amide bonds. The van der Waals surface area contributed by atoms with Crippen LogP contribution < -0.4 is 10.6 Å². The van der Waals surface area contributed by atoms with Crippen molar-refractivity contribution in [3.63, 3.8) is 0 Å². The maximum atomic E-state index is 11.5. The number of urea groups is 1. The predicted octanol–water partition coefficient (Wildman–Crippen LogP) is 0.415. The van der Waals surface area contributed by atoms with Crippen LogP contribution in [0.1, 0.15) is 24.6 Å². The zero-order chi connectivity index (χ0) is 15.2. The molecule has 1 unspecified atom stereocenters. The lowest BCUT2D eigenvalue weighted by molar-refractivity contribution is -0.141. The van der Waals surface area contributed by atoms with Crippen molar-refractivity contribution in [2.24, 2.45) is 0 Å². The van der Waals surface area contributed by atoms with Gasteiger partial charge in [0.1, 0.15) is 0 Å². The minimum Gasteiger partial charge on any atom is -0.481 e. The van der Waals surface area contributed by atoms with Gasteiger partial charge in [0.05, 0.1) is 12.0 Å². The number of nitrogens with zero attached hydrogens (tertiary/aromatic N) is 1. The van der Waals surface area contributed by atoms with Crippen LogP contribution in [0.4, 0.5) is 4.79 Å². The Morgan fingerprint density at radius 3 is 2.60 bits per heavy atom. The number of amides is 2. The third kappa shape index (κ3) is 6.14. The number of aryl methyl sites for hydroxylation is 1. The molecule has 1 heterocycles. The first-order chi connectivity index (χ1) is 9.28. The molecular formula is C13H19N3O4. The minimum absolute atomic E-state index is 0.142. The van der Waals surface area contributed by atoms with Crippen LogP contribution in [-0.2, 0) is 11.3 Å². The number of carbonyl (C=O) groups excluding carboxylic acids is 1. The molecule has 4 N–H and O–H groups in total. The topological polar surface area (TPSA) is 112 Å². The van der Waals surface area contributed by atoms with Crippen molar-refractivity contribution in [1.82, 2.24) is 15.6 Å². The molecular weight excluding hydrogens is 262 g/mol. The Hall–Kier alpha value is -2.15. The summed E-state index contributed by atoms with van der Waals surface area (Å²) in [6.45, 7) is 3.39. The summed E-state index contributed by atoms with van der Waals surface area (Å²) >= 11 is 0. The van der Waals surface area contributed by atoms with Crippen LogP contribution in [0.5, 0.6) is 0 Å². The minimum atomic E-state index is -1.48. The van der Waals surface area contributed by atoms with Crippen molar-refractivity contribution in [3.05, 3.63) is 29.6 Å². The van der Waals surface area contributed by atoms with Gasteiger partial charge in [-0.25, -0.2) is 4.79 Å². The lowest BCUT2D eigenvalue weighted by Crippen LogP contribution is -2.45. The van der Waals surface area contributed by atoms with Gasteiger partial charge in [0.2, 0.25) is 0 Å². The van der Waals surface area contributed by atoms with Crippen LogP contribution in [0.3, 0.4) is 0 Å². The van der Waals surface area contributed by atoms with E-state index in [1.807, 2.05) is 19.1 Å². The van der Waals surface area contributed by atoms with Crippen molar-refractivity contribution < 1.29 is 19.8 Å². The average molecular weight is 281 g/mol. The van der Waals surface area contributed by atoms with Gasteiger partial charge in [0.15, 0.2) is 0 Å². The van der Waals surface area contributed by atoms with Crippen LogP contribution in [0.2, 0.25) is 0 Å². The normalized spacial score (nSPS) is 13.3. The Bertz CT molecular complexity index is 471. The second kappa shape index (κ2) is 6.85. The molecule has 0 spiro atoms. The van der Waals surface area contributed by atoms with Gasteiger partial charge < -0.3 is 20.8 Å². The summed E-state index contributed by atoms with van der Waals surface area (Å²) in [4.78, 5) is 26.1. The number of aliphatic carboxylic acids is 1. The number of pyridine rings is 1. The van der Waals surface area contributed by atoms with Gasteiger partial charge in [-0.15, -0.1) is 0 Å². The van der Waals surface area contributed by atoms with Gasteiger partial charge in [0.25, 0.3) is 0 Å². The number of carboxylic acid groups (broad SMARTS) is 1. The molecule has 1 rings (SSSR count). The van der Waals surface area contributed by atoms with Gasteiger partial charge in [0, 0.05) is 25.0 Å². The summed E-state index contributed by atoms with van der Waals surface area (Å²) in [5, 5.41) is 23.3. The SMILES string of the molecule is Cc1ccc(CNC(=O)NCC(C)(O)CC(=O)O)cn1. The number of hydrogen-bond donors (Lipinski definition) is 4. The van der Waals surface area contributed by atoms with E-state index in [0.29, 0.717) is 6.54 Å².